The van der Waals surface area contributed by atoms with Gasteiger partial charge in [0.1, 0.15) is 11.3 Å². The topological polar surface area (TPSA) is 75.4 Å². The van der Waals surface area contributed by atoms with Gasteiger partial charge in [-0.2, -0.15) is 18.3 Å². The number of halogens is 4. The van der Waals surface area contributed by atoms with Crippen molar-refractivity contribution >= 4 is 17.0 Å². The lowest BCUT2D eigenvalue weighted by molar-refractivity contribution is -0.139. The molecule has 13 heteroatoms. The number of benzene rings is 1. The monoisotopic (exact) mass is 706 g/mol. The molecule has 1 saturated heterocycles. The Hall–Kier alpha value is -4.33. The summed E-state index contributed by atoms with van der Waals surface area (Å²) < 4.78 is 71.2. The number of pyridine rings is 1. The van der Waals surface area contributed by atoms with E-state index in [0.29, 0.717) is 56.1 Å². The van der Waals surface area contributed by atoms with Crippen molar-refractivity contribution in [3.8, 4) is 11.5 Å². The number of fused-ring (bicyclic) bond motifs is 2. The van der Waals surface area contributed by atoms with Gasteiger partial charge in [-0.15, -0.1) is 0 Å². The van der Waals surface area contributed by atoms with Crippen LogP contribution in [-0.2, 0) is 28.7 Å². The molecule has 0 aliphatic carbocycles. The highest BCUT2D eigenvalue weighted by Gasteiger charge is 2.36. The molecule has 51 heavy (non-hydrogen) atoms. The molecule has 3 aliphatic rings. The van der Waals surface area contributed by atoms with Crippen LogP contribution in [0.4, 0.5) is 17.6 Å². The standard InChI is InChI=1S/C38H42F4N6O3/c1-4-26-22-47(35(49)16-25-5-6-28(32(15-25)38(40,41)42)21-46-11-9-45(3)10-12-46)24(2)31-18-30(19-43-36(26)31)51-37-33(39)20-44-48-23-29(17-34(37)48)27-7-13-50-14-8-27/h5-7,15,17-20,23-24,26H,4,8-14,16,21-22H2,1-3H3. The van der Waals surface area contributed by atoms with Crippen molar-refractivity contribution in [1.29, 1.82) is 0 Å². The third-order valence-corrected chi connectivity index (χ3v) is 10.4. The Morgan fingerprint density at radius 3 is 2.63 bits per heavy atom. The second-order valence-electron chi connectivity index (χ2n) is 13.8. The van der Waals surface area contributed by atoms with Gasteiger partial charge in [0.25, 0.3) is 0 Å². The smallest absolute Gasteiger partial charge is 0.416 e. The van der Waals surface area contributed by atoms with E-state index in [0.717, 1.165) is 54.2 Å². The number of piperazine rings is 1. The number of likely N-dealkylation sites (N-methyl/N-ethyl adjacent to an activating group) is 1. The van der Waals surface area contributed by atoms with Crippen LogP contribution in [0.1, 0.15) is 72.2 Å². The molecule has 6 heterocycles. The van der Waals surface area contributed by atoms with Crippen LogP contribution in [0.3, 0.4) is 0 Å². The Morgan fingerprint density at radius 1 is 1.10 bits per heavy atom. The quantitative estimate of drug-likeness (QED) is 0.185. The fraction of sp³-hybridized carbons (Fsp3) is 0.447. The molecule has 0 saturated carbocycles. The Balaban J connectivity index is 1.12. The first-order valence-electron chi connectivity index (χ1n) is 17.5. The summed E-state index contributed by atoms with van der Waals surface area (Å²) in [5, 5.41) is 4.20. The highest BCUT2D eigenvalue weighted by Crippen LogP contribution is 2.40. The largest absolute Gasteiger partial charge is 0.450 e. The maximum atomic E-state index is 15.2. The SMILES string of the molecule is CCC1CN(C(=O)Cc2ccc(CN3CCN(C)CC3)c(C(F)(F)F)c2)C(C)c2cc(Oc3c(F)cnn4cc(C5=CCOCC5)cc34)cnc21. The van der Waals surface area contributed by atoms with Crippen molar-refractivity contribution < 1.29 is 31.8 Å². The van der Waals surface area contributed by atoms with Crippen LogP contribution in [0.15, 0.2) is 55.0 Å². The average molecular weight is 707 g/mol. The maximum absolute atomic E-state index is 15.2. The van der Waals surface area contributed by atoms with Crippen molar-refractivity contribution in [3.05, 3.63) is 94.3 Å². The van der Waals surface area contributed by atoms with Crippen molar-refractivity contribution in [2.75, 3.05) is 53.0 Å². The minimum atomic E-state index is -4.54. The second-order valence-corrected chi connectivity index (χ2v) is 13.8. The molecule has 0 spiro atoms. The first kappa shape index (κ1) is 35.1. The minimum absolute atomic E-state index is 0.00522. The van der Waals surface area contributed by atoms with Crippen LogP contribution in [0.25, 0.3) is 11.1 Å². The van der Waals surface area contributed by atoms with Crippen LogP contribution in [-0.4, -0.2) is 88.2 Å². The molecule has 4 aromatic rings. The number of carbonyl (C=O) groups excluding carboxylic acids is 1. The lowest BCUT2D eigenvalue weighted by Crippen LogP contribution is -2.44. The molecule has 1 aromatic carbocycles. The van der Waals surface area contributed by atoms with E-state index in [1.165, 1.54) is 6.07 Å². The van der Waals surface area contributed by atoms with E-state index in [-0.39, 0.29) is 36.1 Å². The normalized spacial score (nSPS) is 20.4. The summed E-state index contributed by atoms with van der Waals surface area (Å²) in [6.07, 6.45) is 3.23. The lowest BCUT2D eigenvalue weighted by atomic mass is 9.87. The van der Waals surface area contributed by atoms with Crippen molar-refractivity contribution in [2.45, 2.75) is 57.8 Å². The maximum Gasteiger partial charge on any atom is 0.416 e. The molecule has 3 aromatic heterocycles. The molecule has 2 atom stereocenters. The molecule has 2 unspecified atom stereocenters. The third kappa shape index (κ3) is 7.38. The van der Waals surface area contributed by atoms with Gasteiger partial charge < -0.3 is 19.3 Å². The number of ether oxygens (including phenoxy) is 2. The van der Waals surface area contributed by atoms with E-state index in [4.69, 9.17) is 14.5 Å². The van der Waals surface area contributed by atoms with Crippen molar-refractivity contribution in [2.24, 2.45) is 0 Å². The van der Waals surface area contributed by atoms with E-state index in [1.54, 1.807) is 27.7 Å². The number of carbonyl (C=O) groups is 1. The molecule has 3 aliphatic heterocycles. The second kappa shape index (κ2) is 14.4. The number of hydrogen-bond acceptors (Lipinski definition) is 7. The fourth-order valence-corrected chi connectivity index (χ4v) is 7.35. The van der Waals surface area contributed by atoms with Crippen LogP contribution in [0, 0.1) is 5.82 Å². The predicted molar refractivity (Wildman–Crippen MR) is 184 cm³/mol. The van der Waals surface area contributed by atoms with Crippen LogP contribution in [0.2, 0.25) is 0 Å². The van der Waals surface area contributed by atoms with E-state index >= 15 is 4.39 Å². The molecule has 7 rings (SSSR count). The zero-order valence-electron chi connectivity index (χ0n) is 29.0. The van der Waals surface area contributed by atoms with Gasteiger partial charge in [-0.25, -0.2) is 8.91 Å². The van der Waals surface area contributed by atoms with Crippen LogP contribution < -0.4 is 4.74 Å². The molecule has 1 amide bonds. The summed E-state index contributed by atoms with van der Waals surface area (Å²) in [6.45, 7) is 8.62. The summed E-state index contributed by atoms with van der Waals surface area (Å²) in [6, 6.07) is 7.48. The first-order valence-corrected chi connectivity index (χ1v) is 17.5. The molecule has 0 radical (unpaired) electrons. The van der Waals surface area contributed by atoms with E-state index in [1.807, 2.05) is 44.1 Å². The molecule has 1 fully saturated rings. The first-order chi connectivity index (χ1) is 24.5. The number of hydrogen-bond donors (Lipinski definition) is 0. The molecular formula is C38H42F4N6O3. The van der Waals surface area contributed by atoms with Gasteiger partial charge in [0.15, 0.2) is 11.6 Å². The van der Waals surface area contributed by atoms with E-state index < -0.39 is 23.6 Å². The Morgan fingerprint density at radius 2 is 1.90 bits per heavy atom. The minimum Gasteiger partial charge on any atom is -0.450 e. The summed E-state index contributed by atoms with van der Waals surface area (Å²) in [5.41, 5.74) is 3.87. The summed E-state index contributed by atoms with van der Waals surface area (Å²) >= 11 is 0. The fourth-order valence-electron chi connectivity index (χ4n) is 7.35. The van der Waals surface area contributed by atoms with E-state index in [9.17, 15) is 18.0 Å². The molecular weight excluding hydrogens is 664 g/mol. The summed E-state index contributed by atoms with van der Waals surface area (Å²) in [7, 11) is 2.00. The predicted octanol–water partition coefficient (Wildman–Crippen LogP) is 6.87. The van der Waals surface area contributed by atoms with Crippen molar-refractivity contribution in [3.63, 3.8) is 0 Å². The summed E-state index contributed by atoms with van der Waals surface area (Å²) in [5.74, 6) is -0.685. The Bertz CT molecular complexity index is 1950. The van der Waals surface area contributed by atoms with Gasteiger partial charge in [0.05, 0.1) is 49.3 Å². The summed E-state index contributed by atoms with van der Waals surface area (Å²) in [4.78, 5) is 24.5. The third-order valence-electron chi connectivity index (χ3n) is 10.4. The highest BCUT2D eigenvalue weighted by molar-refractivity contribution is 5.80. The number of amides is 1. The average Bonchev–Trinajstić information content (AvgIpc) is 3.56. The number of nitrogens with zero attached hydrogens (tertiary/aromatic N) is 6. The van der Waals surface area contributed by atoms with Gasteiger partial charge in [-0.3, -0.25) is 14.7 Å². The number of rotatable bonds is 8. The number of aromatic nitrogens is 3. The highest BCUT2D eigenvalue weighted by atomic mass is 19.4. The van der Waals surface area contributed by atoms with Gasteiger partial charge in [-0.05, 0) is 72.8 Å². The van der Waals surface area contributed by atoms with Crippen LogP contribution >= 0.6 is 0 Å². The molecule has 0 bridgehead atoms. The van der Waals surface area contributed by atoms with Crippen molar-refractivity contribution in [1.82, 2.24) is 29.3 Å². The zero-order valence-corrected chi connectivity index (χ0v) is 29.0. The molecule has 0 N–H and O–H groups in total. The van der Waals surface area contributed by atoms with Gasteiger partial charge in [0, 0.05) is 51.4 Å². The Kier molecular flexibility index (Phi) is 9.88. The lowest BCUT2D eigenvalue weighted by Gasteiger charge is -2.39. The van der Waals surface area contributed by atoms with Crippen LogP contribution in [0.5, 0.6) is 11.5 Å². The Labute approximate surface area is 294 Å². The zero-order chi connectivity index (χ0) is 35.9. The number of alkyl halides is 3. The molecule has 9 nitrogen and oxygen atoms in total. The van der Waals surface area contributed by atoms with Gasteiger partial charge >= 0.3 is 6.18 Å². The van der Waals surface area contributed by atoms with E-state index in [2.05, 4.69) is 10.00 Å². The van der Waals surface area contributed by atoms with Gasteiger partial charge in [0.2, 0.25) is 5.91 Å². The molecule has 270 valence electrons. The van der Waals surface area contributed by atoms with Gasteiger partial charge in [-0.1, -0.05) is 25.1 Å².